The van der Waals surface area contributed by atoms with Crippen molar-refractivity contribution in [1.82, 2.24) is 9.97 Å². The molecule has 15 heavy (non-hydrogen) atoms. The quantitative estimate of drug-likeness (QED) is 0.717. The molecule has 1 aromatic heterocycles. The number of hydrogen-bond donors (Lipinski definition) is 1. The van der Waals surface area contributed by atoms with Crippen molar-refractivity contribution in [2.24, 2.45) is 0 Å². The van der Waals surface area contributed by atoms with Crippen molar-refractivity contribution in [2.75, 3.05) is 0 Å². The predicted octanol–water partition coefficient (Wildman–Crippen LogP) is 1.85. The van der Waals surface area contributed by atoms with E-state index >= 15 is 0 Å². The summed E-state index contributed by atoms with van der Waals surface area (Å²) in [5.74, 6) is 0.147. The number of phenols is 1. The number of aryl methyl sites for hydroxylation is 1. The number of carbonyl (C=O) groups is 1. The summed E-state index contributed by atoms with van der Waals surface area (Å²) >= 11 is 0. The minimum Gasteiger partial charge on any atom is -0.507 e. The van der Waals surface area contributed by atoms with Crippen LogP contribution in [0.25, 0.3) is 10.9 Å². The van der Waals surface area contributed by atoms with Gasteiger partial charge in [-0.25, -0.2) is 9.97 Å². The molecule has 0 spiro atoms. The molecule has 0 unspecified atom stereocenters. The average molecular weight is 202 g/mol. The van der Waals surface area contributed by atoms with Gasteiger partial charge >= 0.3 is 0 Å². The second-order valence-electron chi connectivity index (χ2n) is 3.36. The summed E-state index contributed by atoms with van der Waals surface area (Å²) in [6, 6.07) is 5.01. The zero-order chi connectivity index (χ0) is 11.0. The number of benzene rings is 1. The highest BCUT2D eigenvalue weighted by Crippen LogP contribution is 2.25. The molecule has 0 fully saturated rings. The lowest BCUT2D eigenvalue weighted by molar-refractivity contribution is 0.100. The van der Waals surface area contributed by atoms with Gasteiger partial charge in [0.25, 0.3) is 0 Å². The Bertz CT molecular complexity index is 550. The van der Waals surface area contributed by atoms with Gasteiger partial charge in [-0.15, -0.1) is 0 Å². The van der Waals surface area contributed by atoms with E-state index in [1.807, 2.05) is 0 Å². The van der Waals surface area contributed by atoms with Gasteiger partial charge in [-0.3, -0.25) is 4.79 Å². The van der Waals surface area contributed by atoms with E-state index in [9.17, 15) is 9.90 Å². The third-order valence-electron chi connectivity index (χ3n) is 2.20. The van der Waals surface area contributed by atoms with Gasteiger partial charge in [0.05, 0.1) is 16.6 Å². The molecule has 1 heterocycles. The molecular formula is C11H10N2O2. The average Bonchev–Trinajstić information content (AvgIpc) is 2.17. The summed E-state index contributed by atoms with van der Waals surface area (Å²) in [5, 5.41) is 10.2. The fourth-order valence-corrected chi connectivity index (χ4v) is 1.50. The van der Waals surface area contributed by atoms with Gasteiger partial charge in [0.1, 0.15) is 5.75 Å². The van der Waals surface area contributed by atoms with Crippen LogP contribution < -0.4 is 0 Å². The monoisotopic (exact) mass is 202 g/mol. The predicted molar refractivity (Wildman–Crippen MR) is 55.9 cm³/mol. The van der Waals surface area contributed by atoms with E-state index in [0.29, 0.717) is 16.6 Å². The largest absolute Gasteiger partial charge is 0.507 e. The molecule has 0 bridgehead atoms. The van der Waals surface area contributed by atoms with Gasteiger partial charge in [0, 0.05) is 6.92 Å². The molecule has 2 aromatic rings. The standard InChI is InChI=1S/C11H10N2O2/c1-6-10-8(4-3-5-9(10)15)13-11(12-6)7(2)14/h3-5,15H,1-2H3. The lowest BCUT2D eigenvalue weighted by Gasteiger charge is -2.04. The smallest absolute Gasteiger partial charge is 0.196 e. The SMILES string of the molecule is CC(=O)c1nc(C)c2c(O)cccc2n1. The number of hydrogen-bond acceptors (Lipinski definition) is 4. The third-order valence-corrected chi connectivity index (χ3v) is 2.20. The number of rotatable bonds is 1. The maximum absolute atomic E-state index is 11.1. The first-order valence-electron chi connectivity index (χ1n) is 4.57. The van der Waals surface area contributed by atoms with Gasteiger partial charge in [-0.2, -0.15) is 0 Å². The van der Waals surface area contributed by atoms with Crippen molar-refractivity contribution < 1.29 is 9.90 Å². The second-order valence-corrected chi connectivity index (χ2v) is 3.36. The number of ketones is 1. The Labute approximate surface area is 86.6 Å². The molecule has 0 aliphatic heterocycles. The van der Waals surface area contributed by atoms with E-state index in [-0.39, 0.29) is 17.4 Å². The molecule has 0 aliphatic carbocycles. The van der Waals surface area contributed by atoms with Gasteiger partial charge < -0.3 is 5.11 Å². The highest BCUT2D eigenvalue weighted by molar-refractivity contribution is 5.94. The Morgan fingerprint density at radius 3 is 2.73 bits per heavy atom. The van der Waals surface area contributed by atoms with Crippen molar-refractivity contribution in [2.45, 2.75) is 13.8 Å². The number of Topliss-reactive ketones (excluding diaryl/α,β-unsaturated/α-hetero) is 1. The number of phenolic OH excluding ortho intramolecular Hbond substituents is 1. The van der Waals surface area contributed by atoms with Gasteiger partial charge in [0.2, 0.25) is 0 Å². The Kier molecular flexibility index (Phi) is 2.11. The van der Waals surface area contributed by atoms with Crippen molar-refractivity contribution in [3.05, 3.63) is 29.7 Å². The van der Waals surface area contributed by atoms with Crippen LogP contribution in [-0.4, -0.2) is 20.9 Å². The fourth-order valence-electron chi connectivity index (χ4n) is 1.50. The minimum atomic E-state index is -0.177. The van der Waals surface area contributed by atoms with E-state index in [4.69, 9.17) is 0 Å². The van der Waals surface area contributed by atoms with Crippen molar-refractivity contribution >= 4 is 16.7 Å². The first kappa shape index (κ1) is 9.58. The highest BCUT2D eigenvalue weighted by Gasteiger charge is 2.10. The topological polar surface area (TPSA) is 63.1 Å². The number of fused-ring (bicyclic) bond motifs is 1. The molecule has 76 valence electrons. The third kappa shape index (κ3) is 1.54. The molecule has 0 saturated heterocycles. The molecule has 1 aromatic carbocycles. The maximum Gasteiger partial charge on any atom is 0.196 e. The number of nitrogens with zero attached hydrogens (tertiary/aromatic N) is 2. The first-order chi connectivity index (χ1) is 7.09. The Hall–Kier alpha value is -1.97. The first-order valence-corrected chi connectivity index (χ1v) is 4.57. The van der Waals surface area contributed by atoms with Crippen LogP contribution in [0.4, 0.5) is 0 Å². The molecule has 0 saturated carbocycles. The van der Waals surface area contributed by atoms with Crippen LogP contribution >= 0.6 is 0 Å². The van der Waals surface area contributed by atoms with Crippen LogP contribution in [0.1, 0.15) is 23.2 Å². The number of aromatic hydroxyl groups is 1. The molecule has 0 atom stereocenters. The van der Waals surface area contributed by atoms with Crippen LogP contribution in [0, 0.1) is 6.92 Å². The summed E-state index contributed by atoms with van der Waals surface area (Å²) < 4.78 is 0. The van der Waals surface area contributed by atoms with E-state index in [1.165, 1.54) is 6.92 Å². The van der Waals surface area contributed by atoms with Gasteiger partial charge in [-0.1, -0.05) is 6.07 Å². The van der Waals surface area contributed by atoms with E-state index in [2.05, 4.69) is 9.97 Å². The Morgan fingerprint density at radius 1 is 1.33 bits per heavy atom. The summed E-state index contributed by atoms with van der Waals surface area (Å²) in [7, 11) is 0. The Morgan fingerprint density at radius 2 is 2.07 bits per heavy atom. The molecular weight excluding hydrogens is 192 g/mol. The van der Waals surface area contributed by atoms with Gasteiger partial charge in [-0.05, 0) is 19.1 Å². The van der Waals surface area contributed by atoms with Crippen LogP contribution in [0.2, 0.25) is 0 Å². The fraction of sp³-hybridized carbons (Fsp3) is 0.182. The van der Waals surface area contributed by atoms with Crippen molar-refractivity contribution in [3.8, 4) is 5.75 Å². The molecule has 4 heteroatoms. The highest BCUT2D eigenvalue weighted by atomic mass is 16.3. The van der Waals surface area contributed by atoms with Crippen LogP contribution in [0.5, 0.6) is 5.75 Å². The second kappa shape index (κ2) is 3.31. The molecule has 2 rings (SSSR count). The summed E-state index contributed by atoms with van der Waals surface area (Å²) in [6.07, 6.45) is 0. The van der Waals surface area contributed by atoms with Crippen molar-refractivity contribution in [3.63, 3.8) is 0 Å². The summed E-state index contributed by atoms with van der Waals surface area (Å²) in [6.45, 7) is 3.17. The van der Waals surface area contributed by atoms with Crippen LogP contribution in [0.3, 0.4) is 0 Å². The lowest BCUT2D eigenvalue weighted by Crippen LogP contribution is -2.03. The molecule has 4 nitrogen and oxygen atoms in total. The van der Waals surface area contributed by atoms with Crippen LogP contribution in [-0.2, 0) is 0 Å². The zero-order valence-corrected chi connectivity index (χ0v) is 8.48. The maximum atomic E-state index is 11.1. The van der Waals surface area contributed by atoms with Crippen molar-refractivity contribution in [1.29, 1.82) is 0 Å². The lowest BCUT2D eigenvalue weighted by atomic mass is 10.1. The summed E-state index contributed by atoms with van der Waals surface area (Å²) in [4.78, 5) is 19.3. The molecule has 0 amide bonds. The van der Waals surface area contributed by atoms with E-state index < -0.39 is 0 Å². The number of aromatic nitrogens is 2. The molecule has 0 radical (unpaired) electrons. The van der Waals surface area contributed by atoms with E-state index in [0.717, 1.165) is 0 Å². The normalized spacial score (nSPS) is 10.5. The van der Waals surface area contributed by atoms with Crippen LogP contribution in [0.15, 0.2) is 18.2 Å². The summed E-state index contributed by atoms with van der Waals surface area (Å²) in [5.41, 5.74) is 1.20. The zero-order valence-electron chi connectivity index (χ0n) is 8.48. The van der Waals surface area contributed by atoms with Gasteiger partial charge in [0.15, 0.2) is 11.6 Å². The molecule has 0 aliphatic rings. The minimum absolute atomic E-state index is 0.139. The number of carbonyl (C=O) groups excluding carboxylic acids is 1. The molecule has 1 N–H and O–H groups in total. The Balaban J connectivity index is 2.84. The van der Waals surface area contributed by atoms with E-state index in [1.54, 1.807) is 25.1 Å².